The zero-order valence-electron chi connectivity index (χ0n) is 9.54. The van der Waals surface area contributed by atoms with E-state index >= 15 is 0 Å². The number of rotatable bonds is 5. The fraction of sp³-hybridized carbons (Fsp3) is 1.00. The second-order valence-electron chi connectivity index (χ2n) is 4.09. The summed E-state index contributed by atoms with van der Waals surface area (Å²) in [4.78, 5) is 0. The van der Waals surface area contributed by atoms with E-state index in [9.17, 15) is 0 Å². The molecule has 4 heteroatoms. The molecule has 0 atom stereocenters. The maximum absolute atomic E-state index is 5.76. The molecule has 0 radical (unpaired) electrons. The quantitative estimate of drug-likeness (QED) is 0.663. The lowest BCUT2D eigenvalue weighted by Crippen LogP contribution is -2.41. The predicted octanol–water partition coefficient (Wildman–Crippen LogP) is 2.44. The van der Waals surface area contributed by atoms with Crippen LogP contribution in [0.3, 0.4) is 0 Å². The summed E-state index contributed by atoms with van der Waals surface area (Å²) < 4.78 is 16.3. The molecule has 0 N–H and O–H groups in total. The first kappa shape index (κ1) is 12.2. The maximum atomic E-state index is 5.76. The van der Waals surface area contributed by atoms with E-state index in [1.54, 1.807) is 14.2 Å². The van der Waals surface area contributed by atoms with Gasteiger partial charge in [0.2, 0.25) is 0 Å². The standard InChI is InChI=1S/C10H22O3Si/c1-11-14(3,12-2)13-9-10-7-5-4-6-8-10/h10H,4-9H2,1-3H3. The van der Waals surface area contributed by atoms with E-state index in [1.165, 1.54) is 32.1 Å². The minimum absolute atomic E-state index is 0.723. The maximum Gasteiger partial charge on any atom is 0.497 e. The van der Waals surface area contributed by atoms with Crippen molar-refractivity contribution in [3.8, 4) is 0 Å². The fourth-order valence-electron chi connectivity index (χ4n) is 1.82. The van der Waals surface area contributed by atoms with Gasteiger partial charge >= 0.3 is 8.80 Å². The van der Waals surface area contributed by atoms with Gasteiger partial charge in [-0.3, -0.25) is 0 Å². The molecular formula is C10H22O3Si. The third kappa shape index (κ3) is 3.69. The van der Waals surface area contributed by atoms with Gasteiger partial charge in [0, 0.05) is 27.4 Å². The molecule has 0 bridgehead atoms. The molecule has 1 rings (SSSR count). The molecule has 1 aliphatic carbocycles. The molecule has 0 heterocycles. The van der Waals surface area contributed by atoms with Crippen LogP contribution < -0.4 is 0 Å². The Balaban J connectivity index is 2.23. The average Bonchev–Trinajstić information content (AvgIpc) is 2.27. The van der Waals surface area contributed by atoms with E-state index in [1.807, 2.05) is 6.55 Å². The zero-order chi connectivity index (χ0) is 10.4. The first-order valence-electron chi connectivity index (χ1n) is 5.44. The Kier molecular flexibility index (Phi) is 5.09. The molecule has 1 fully saturated rings. The van der Waals surface area contributed by atoms with E-state index in [0.717, 1.165) is 12.5 Å². The van der Waals surface area contributed by atoms with Gasteiger partial charge in [-0.1, -0.05) is 19.3 Å². The van der Waals surface area contributed by atoms with Crippen molar-refractivity contribution in [3.05, 3.63) is 0 Å². The molecular weight excluding hydrogens is 196 g/mol. The smallest absolute Gasteiger partial charge is 0.377 e. The summed E-state index contributed by atoms with van der Waals surface area (Å²) in [6, 6.07) is 0. The summed E-state index contributed by atoms with van der Waals surface area (Å²) in [7, 11) is 1.05. The largest absolute Gasteiger partial charge is 0.497 e. The lowest BCUT2D eigenvalue weighted by atomic mass is 9.90. The van der Waals surface area contributed by atoms with Crippen molar-refractivity contribution in [1.29, 1.82) is 0 Å². The van der Waals surface area contributed by atoms with Crippen LogP contribution in [-0.2, 0) is 13.3 Å². The topological polar surface area (TPSA) is 27.7 Å². The van der Waals surface area contributed by atoms with Crippen LogP contribution in [-0.4, -0.2) is 29.6 Å². The van der Waals surface area contributed by atoms with Crippen molar-refractivity contribution in [3.63, 3.8) is 0 Å². The van der Waals surface area contributed by atoms with Gasteiger partial charge in [-0.15, -0.1) is 0 Å². The van der Waals surface area contributed by atoms with Crippen LogP contribution in [0.2, 0.25) is 6.55 Å². The third-order valence-corrected chi connectivity index (χ3v) is 5.22. The zero-order valence-corrected chi connectivity index (χ0v) is 10.5. The normalized spacial score (nSPS) is 19.9. The van der Waals surface area contributed by atoms with E-state index < -0.39 is 8.80 Å². The predicted molar refractivity (Wildman–Crippen MR) is 58.2 cm³/mol. The molecule has 0 saturated heterocycles. The Morgan fingerprint density at radius 1 is 1.07 bits per heavy atom. The minimum atomic E-state index is -2.28. The lowest BCUT2D eigenvalue weighted by Gasteiger charge is -2.27. The van der Waals surface area contributed by atoms with Crippen molar-refractivity contribution < 1.29 is 13.3 Å². The Morgan fingerprint density at radius 2 is 1.64 bits per heavy atom. The average molecular weight is 218 g/mol. The summed E-state index contributed by atoms with van der Waals surface area (Å²) in [5, 5.41) is 0. The van der Waals surface area contributed by atoms with Crippen LogP contribution in [0.1, 0.15) is 32.1 Å². The highest BCUT2D eigenvalue weighted by Crippen LogP contribution is 2.24. The Hall–Kier alpha value is 0.0969. The Labute approximate surface area is 88.1 Å². The summed E-state index contributed by atoms with van der Waals surface area (Å²) in [6.07, 6.45) is 6.70. The van der Waals surface area contributed by atoms with E-state index in [-0.39, 0.29) is 0 Å². The molecule has 0 aliphatic heterocycles. The van der Waals surface area contributed by atoms with Gasteiger partial charge in [0.05, 0.1) is 0 Å². The van der Waals surface area contributed by atoms with Gasteiger partial charge in [-0.25, -0.2) is 0 Å². The van der Waals surface area contributed by atoms with E-state index in [2.05, 4.69) is 0 Å². The van der Waals surface area contributed by atoms with Crippen LogP contribution >= 0.6 is 0 Å². The molecule has 14 heavy (non-hydrogen) atoms. The number of hydrogen-bond acceptors (Lipinski definition) is 3. The van der Waals surface area contributed by atoms with Crippen LogP contribution in [0.15, 0.2) is 0 Å². The molecule has 0 aromatic heterocycles. The Bertz CT molecular complexity index is 153. The summed E-state index contributed by atoms with van der Waals surface area (Å²) in [5.41, 5.74) is 0. The molecule has 0 amide bonds. The second-order valence-corrected chi connectivity index (χ2v) is 6.92. The highest BCUT2D eigenvalue weighted by molar-refractivity contribution is 6.59. The van der Waals surface area contributed by atoms with Gasteiger partial charge in [-0.2, -0.15) is 0 Å². The molecule has 3 nitrogen and oxygen atoms in total. The molecule has 0 aromatic rings. The fourth-order valence-corrected chi connectivity index (χ4v) is 2.77. The highest BCUT2D eigenvalue weighted by atomic mass is 28.4. The molecule has 1 saturated carbocycles. The Morgan fingerprint density at radius 3 is 2.14 bits per heavy atom. The van der Waals surface area contributed by atoms with Gasteiger partial charge in [0.15, 0.2) is 0 Å². The second kappa shape index (κ2) is 5.85. The molecule has 0 spiro atoms. The molecule has 0 unspecified atom stereocenters. The van der Waals surface area contributed by atoms with E-state index in [4.69, 9.17) is 13.3 Å². The van der Waals surface area contributed by atoms with Crippen LogP contribution in [0.5, 0.6) is 0 Å². The van der Waals surface area contributed by atoms with Crippen LogP contribution in [0, 0.1) is 5.92 Å². The van der Waals surface area contributed by atoms with Crippen molar-refractivity contribution >= 4 is 8.80 Å². The summed E-state index contributed by atoms with van der Waals surface area (Å²) >= 11 is 0. The molecule has 84 valence electrons. The first-order chi connectivity index (χ1) is 6.70. The third-order valence-electron chi connectivity index (χ3n) is 3.05. The van der Waals surface area contributed by atoms with Gasteiger partial charge in [-0.05, 0) is 18.8 Å². The highest BCUT2D eigenvalue weighted by Gasteiger charge is 2.32. The van der Waals surface area contributed by atoms with Crippen molar-refractivity contribution in [2.75, 3.05) is 20.8 Å². The summed E-state index contributed by atoms with van der Waals surface area (Å²) in [6.45, 7) is 2.75. The minimum Gasteiger partial charge on any atom is -0.377 e. The number of hydrogen-bond donors (Lipinski definition) is 0. The SMILES string of the molecule is CO[Si](C)(OC)OCC1CCCCC1. The lowest BCUT2D eigenvalue weighted by molar-refractivity contribution is 0.0805. The molecule has 1 aliphatic rings. The van der Waals surface area contributed by atoms with Crippen molar-refractivity contribution in [2.24, 2.45) is 5.92 Å². The van der Waals surface area contributed by atoms with Gasteiger partial charge in [0.1, 0.15) is 0 Å². The first-order valence-corrected chi connectivity index (χ1v) is 7.67. The van der Waals surface area contributed by atoms with Gasteiger partial charge < -0.3 is 13.3 Å². The van der Waals surface area contributed by atoms with Crippen LogP contribution in [0.4, 0.5) is 0 Å². The monoisotopic (exact) mass is 218 g/mol. The van der Waals surface area contributed by atoms with Crippen molar-refractivity contribution in [1.82, 2.24) is 0 Å². The summed E-state index contributed by atoms with van der Waals surface area (Å²) in [5.74, 6) is 0.723. The van der Waals surface area contributed by atoms with Gasteiger partial charge in [0.25, 0.3) is 0 Å². The molecule has 0 aromatic carbocycles. The van der Waals surface area contributed by atoms with E-state index in [0.29, 0.717) is 0 Å². The van der Waals surface area contributed by atoms with Crippen molar-refractivity contribution in [2.45, 2.75) is 38.7 Å². The van der Waals surface area contributed by atoms with Crippen LogP contribution in [0.25, 0.3) is 0 Å².